The minimum Gasteiger partial charge on any atom is -0.457 e. The molecule has 0 saturated carbocycles. The molecule has 95 heavy (non-hydrogen) atoms. The van der Waals surface area contributed by atoms with Crippen LogP contribution >= 0.6 is 0 Å². The first-order valence-electron chi connectivity index (χ1n) is 31.9. The summed E-state index contributed by atoms with van der Waals surface area (Å²) in [6.45, 7) is 8.17. The van der Waals surface area contributed by atoms with Gasteiger partial charge < -0.3 is 27.6 Å². The molecule has 0 bridgehead atoms. The Labute approximate surface area is 541 Å². The largest absolute Gasteiger partial charge is 0.457 e. The summed E-state index contributed by atoms with van der Waals surface area (Å²) in [5.41, 5.74) is 20.7. The number of para-hydroxylation sites is 7. The van der Waals surface area contributed by atoms with Gasteiger partial charge in [0.25, 0.3) is 0 Å². The van der Waals surface area contributed by atoms with E-state index in [2.05, 4.69) is 282 Å². The quantitative estimate of drug-likeness (QED) is 0.161. The fourth-order valence-corrected chi connectivity index (χ4v) is 16.7. The summed E-state index contributed by atoms with van der Waals surface area (Å²) in [7, 11) is 0. The Bertz CT molecular complexity index is 6480. The number of fused-ring (bicyclic) bond motifs is 24. The van der Waals surface area contributed by atoms with Gasteiger partial charge in [-0.3, -0.25) is 9.97 Å². The summed E-state index contributed by atoms with van der Waals surface area (Å²) in [4.78, 5) is 15.3. The van der Waals surface area contributed by atoms with Crippen LogP contribution in [0.2, 0.25) is 0 Å². The molecule has 1 spiro atoms. The predicted molar refractivity (Wildman–Crippen MR) is 382 cm³/mol. The van der Waals surface area contributed by atoms with Gasteiger partial charge in [-0.1, -0.05) is 146 Å². The van der Waals surface area contributed by atoms with Crippen molar-refractivity contribution in [2.24, 2.45) is 0 Å². The Morgan fingerprint density at radius 2 is 0.737 bits per heavy atom. The van der Waals surface area contributed by atoms with Gasteiger partial charge in [0.05, 0.1) is 120 Å². The zero-order valence-corrected chi connectivity index (χ0v) is 50.6. The maximum atomic E-state index is 9.99. The fraction of sp³-hybridized carbons (Fsp3) is 0.0118. The van der Waals surface area contributed by atoms with E-state index >= 15 is 0 Å². The van der Waals surface area contributed by atoms with Gasteiger partial charge in [0.2, 0.25) is 0 Å². The van der Waals surface area contributed by atoms with E-state index in [0.29, 0.717) is 22.7 Å². The molecule has 19 aromatic rings. The zero-order valence-electron chi connectivity index (χ0n) is 50.6. The standard InChI is InChI=1S/C85H47N9O/c1-87-51-34-39-78-64(42-51)61-22-8-15-30-75(61)94(78)79-31-16-32-80-82(79)85(66-37-35-53(46-81(66)95-80)91-74-29-14-7-23-62(74)65-43-52(36-40-77(65)91)90-73-28-13-6-21-60(73)63-41-50(47-86)33-38-76(63)90)67-44-54(92-69-24-9-2-17-56(69)57-18-3-10-25-70(57)92)48-88-83(67)84-68(85)45-55(49-89-84)93-71-26-11-4-19-58(71)59-20-5-12-27-72(59)93/h2-46,48-49H. The van der Waals surface area contributed by atoms with Crippen molar-refractivity contribution >= 4 is 115 Å². The molecule has 0 fully saturated rings. The molecule has 0 saturated heterocycles. The van der Waals surface area contributed by atoms with Crippen LogP contribution in [-0.4, -0.2) is 32.8 Å². The molecule has 10 nitrogen and oxygen atoms in total. The number of ether oxygens (including phenoxy) is 1. The van der Waals surface area contributed by atoms with E-state index in [9.17, 15) is 5.26 Å². The lowest BCUT2D eigenvalue weighted by Gasteiger charge is -2.40. The molecule has 10 heteroatoms. The van der Waals surface area contributed by atoms with Crippen molar-refractivity contribution in [2.75, 3.05) is 0 Å². The third-order valence-electron chi connectivity index (χ3n) is 20.4. The molecule has 0 amide bonds. The van der Waals surface area contributed by atoms with Crippen LogP contribution < -0.4 is 4.74 Å². The average molecular weight is 1210 g/mol. The lowest BCUT2D eigenvalue weighted by molar-refractivity contribution is 0.435. The number of rotatable bonds is 5. The number of pyridine rings is 2. The number of aromatic nitrogens is 7. The third-order valence-corrected chi connectivity index (χ3v) is 20.4. The molecule has 1 aliphatic heterocycles. The van der Waals surface area contributed by atoms with Gasteiger partial charge in [0, 0.05) is 88.2 Å². The second-order valence-corrected chi connectivity index (χ2v) is 25.0. The van der Waals surface area contributed by atoms with Crippen LogP contribution in [0.1, 0.15) is 27.8 Å². The van der Waals surface area contributed by atoms with E-state index in [1.54, 1.807) is 0 Å². The van der Waals surface area contributed by atoms with E-state index in [1.807, 2.05) is 36.7 Å². The Hall–Kier alpha value is -13.3. The first kappa shape index (κ1) is 51.5. The van der Waals surface area contributed by atoms with Crippen molar-refractivity contribution in [1.82, 2.24) is 32.8 Å². The highest BCUT2D eigenvalue weighted by Gasteiger charge is 2.55. The third kappa shape index (κ3) is 6.77. The van der Waals surface area contributed by atoms with Gasteiger partial charge in [-0.15, -0.1) is 0 Å². The van der Waals surface area contributed by atoms with E-state index in [4.69, 9.17) is 21.3 Å². The molecule has 12 aromatic carbocycles. The lowest BCUT2D eigenvalue weighted by Crippen LogP contribution is -2.34. The van der Waals surface area contributed by atoms with Crippen LogP contribution in [0.5, 0.6) is 11.5 Å². The van der Waals surface area contributed by atoms with Crippen molar-refractivity contribution in [1.29, 1.82) is 5.26 Å². The summed E-state index contributed by atoms with van der Waals surface area (Å²) < 4.78 is 19.5. The summed E-state index contributed by atoms with van der Waals surface area (Å²) in [5.74, 6) is 1.39. The molecule has 0 unspecified atom stereocenters. The maximum absolute atomic E-state index is 9.99. The highest BCUT2D eigenvalue weighted by molar-refractivity contribution is 6.15. The molecule has 0 N–H and O–H groups in total. The second-order valence-electron chi connectivity index (χ2n) is 25.0. The molecule has 1 aliphatic carbocycles. The van der Waals surface area contributed by atoms with Crippen molar-refractivity contribution in [3.63, 3.8) is 0 Å². The smallest absolute Gasteiger partial charge is 0.188 e. The topological polar surface area (TPSA) is 87.8 Å². The normalized spacial score (nSPS) is 13.0. The monoisotopic (exact) mass is 1210 g/mol. The summed E-state index contributed by atoms with van der Waals surface area (Å²) in [5, 5.41) is 21.0. The van der Waals surface area contributed by atoms with E-state index in [-0.39, 0.29) is 0 Å². The Morgan fingerprint density at radius 1 is 0.337 bits per heavy atom. The van der Waals surface area contributed by atoms with Crippen LogP contribution in [0, 0.1) is 17.9 Å². The SMILES string of the molecule is [C-]#[N+]c1ccc2c(c1)c1ccccc1n2-c1cccc2c1C1(c3ccc(-n4c5ccccc5c5cc(-n6c7ccccc7c7cc(C#N)ccc76)ccc54)cc3O2)c2cc(-n3c4ccccc4c4ccccc43)cnc2-c2ncc(-n3c4ccccc4c4ccccc43)cc21. The molecule has 7 aromatic heterocycles. The summed E-state index contributed by atoms with van der Waals surface area (Å²) in [6.07, 6.45) is 4.06. The van der Waals surface area contributed by atoms with E-state index in [1.165, 1.54) is 0 Å². The van der Waals surface area contributed by atoms with Crippen LogP contribution in [0.4, 0.5) is 5.69 Å². The molecule has 0 radical (unpaired) electrons. The number of hydrogen-bond donors (Lipinski definition) is 0. The Kier molecular flexibility index (Phi) is 10.2. The van der Waals surface area contributed by atoms with Crippen LogP contribution in [0.15, 0.2) is 285 Å². The number of benzene rings is 12. The molecular weight excluding hydrogens is 1160 g/mol. The molecule has 8 heterocycles. The van der Waals surface area contributed by atoms with Gasteiger partial charge in [0.15, 0.2) is 5.69 Å². The van der Waals surface area contributed by atoms with E-state index in [0.717, 1.165) is 171 Å². The first-order chi connectivity index (χ1) is 47.0. The maximum Gasteiger partial charge on any atom is 0.188 e. The van der Waals surface area contributed by atoms with Crippen LogP contribution in [0.3, 0.4) is 0 Å². The van der Waals surface area contributed by atoms with Gasteiger partial charge in [0.1, 0.15) is 11.5 Å². The predicted octanol–water partition coefficient (Wildman–Crippen LogP) is 20.9. The lowest BCUT2D eigenvalue weighted by atomic mass is 9.65. The second kappa shape index (κ2) is 18.9. The molecule has 2 aliphatic rings. The number of hydrogen-bond acceptors (Lipinski definition) is 4. The number of nitrogens with zero attached hydrogens (tertiary/aromatic N) is 9. The average Bonchev–Trinajstić information content (AvgIpc) is 1.56. The molecule has 438 valence electrons. The molecule has 0 atom stereocenters. The van der Waals surface area contributed by atoms with Crippen molar-refractivity contribution in [3.05, 3.63) is 325 Å². The summed E-state index contributed by atoms with van der Waals surface area (Å²) in [6, 6.07) is 99.5. The van der Waals surface area contributed by atoms with Crippen LogP contribution in [0.25, 0.3) is 154 Å². The fourth-order valence-electron chi connectivity index (χ4n) is 16.7. The summed E-state index contributed by atoms with van der Waals surface area (Å²) >= 11 is 0. The Balaban J connectivity index is 0.872. The molecule has 21 rings (SSSR count). The minimum atomic E-state index is -1.16. The molecular formula is C85H47N9O. The van der Waals surface area contributed by atoms with Crippen LogP contribution in [-0.2, 0) is 5.41 Å². The van der Waals surface area contributed by atoms with E-state index < -0.39 is 5.41 Å². The van der Waals surface area contributed by atoms with Crippen molar-refractivity contribution in [3.8, 4) is 57.4 Å². The van der Waals surface area contributed by atoms with Crippen molar-refractivity contribution < 1.29 is 4.74 Å². The highest BCUT2D eigenvalue weighted by Crippen LogP contribution is 2.64. The van der Waals surface area contributed by atoms with Gasteiger partial charge >= 0.3 is 0 Å². The minimum absolute atomic E-state index is 0.578. The van der Waals surface area contributed by atoms with Gasteiger partial charge in [-0.05, 0) is 127 Å². The zero-order chi connectivity index (χ0) is 62.4. The first-order valence-corrected chi connectivity index (χ1v) is 31.9. The van der Waals surface area contributed by atoms with Gasteiger partial charge in [-0.25, -0.2) is 4.85 Å². The highest BCUT2D eigenvalue weighted by atomic mass is 16.5. The Morgan fingerprint density at radius 3 is 1.24 bits per heavy atom. The number of nitriles is 1. The van der Waals surface area contributed by atoms with Crippen molar-refractivity contribution in [2.45, 2.75) is 5.41 Å². The van der Waals surface area contributed by atoms with Gasteiger partial charge in [-0.2, -0.15) is 5.26 Å².